The molecule has 86 valence electrons. The van der Waals surface area contributed by atoms with E-state index in [9.17, 15) is 0 Å². The van der Waals surface area contributed by atoms with Crippen molar-refractivity contribution in [2.45, 2.75) is 26.2 Å². The maximum atomic E-state index is 5.87. The Balaban J connectivity index is 2.12. The number of anilines is 1. The molecule has 0 bridgehead atoms. The lowest BCUT2D eigenvalue weighted by molar-refractivity contribution is 0.578. The Morgan fingerprint density at radius 2 is 1.75 bits per heavy atom. The molecular weight excluding hydrogens is 196 g/mol. The maximum absolute atomic E-state index is 5.87. The van der Waals surface area contributed by atoms with Gasteiger partial charge >= 0.3 is 0 Å². The summed E-state index contributed by atoms with van der Waals surface area (Å²) in [5.41, 5.74) is 9.16. The van der Waals surface area contributed by atoms with Crippen molar-refractivity contribution in [2.75, 3.05) is 18.0 Å². The molecule has 0 atom stereocenters. The topological polar surface area (TPSA) is 29.3 Å². The molecule has 1 fully saturated rings. The molecule has 0 aliphatic carbocycles. The molecule has 1 aliphatic rings. The van der Waals surface area contributed by atoms with Gasteiger partial charge in [-0.05, 0) is 43.9 Å². The van der Waals surface area contributed by atoms with E-state index in [0.717, 1.165) is 11.3 Å². The van der Waals surface area contributed by atoms with Crippen LogP contribution in [-0.2, 0) is 0 Å². The number of piperidine rings is 1. The van der Waals surface area contributed by atoms with Gasteiger partial charge in [0.05, 0.1) is 0 Å². The molecule has 1 aromatic rings. The third kappa shape index (κ3) is 2.38. The maximum Gasteiger partial charge on any atom is 0.0366 e. The molecule has 0 saturated carbocycles. The van der Waals surface area contributed by atoms with E-state index in [1.165, 1.54) is 38.0 Å². The minimum Gasteiger partial charge on any atom is -0.399 e. The Bertz CT molecular complexity index is 359. The average Bonchev–Trinajstić information content (AvgIpc) is 2.39. The second-order valence-corrected chi connectivity index (χ2v) is 4.34. The summed E-state index contributed by atoms with van der Waals surface area (Å²) >= 11 is 0. The van der Waals surface area contributed by atoms with E-state index in [4.69, 9.17) is 5.73 Å². The van der Waals surface area contributed by atoms with Crippen molar-refractivity contribution in [3.05, 3.63) is 35.9 Å². The zero-order chi connectivity index (χ0) is 11.4. The molecule has 1 heterocycles. The van der Waals surface area contributed by atoms with Crippen LogP contribution in [0.1, 0.15) is 31.7 Å². The van der Waals surface area contributed by atoms with Crippen molar-refractivity contribution in [1.82, 2.24) is 0 Å². The molecule has 2 nitrogen and oxygen atoms in total. The lowest BCUT2D eigenvalue weighted by atomic mass is 10.1. The van der Waals surface area contributed by atoms with Gasteiger partial charge in [-0.1, -0.05) is 18.2 Å². The van der Waals surface area contributed by atoms with E-state index >= 15 is 0 Å². The van der Waals surface area contributed by atoms with Crippen LogP contribution in [0.4, 0.5) is 5.69 Å². The van der Waals surface area contributed by atoms with Crippen molar-refractivity contribution in [2.24, 2.45) is 5.73 Å². The molecule has 0 radical (unpaired) electrons. The Kier molecular flexibility index (Phi) is 3.50. The lowest BCUT2D eigenvalue weighted by Gasteiger charge is -2.28. The van der Waals surface area contributed by atoms with Crippen LogP contribution in [0, 0.1) is 0 Å². The van der Waals surface area contributed by atoms with Gasteiger partial charge in [0.25, 0.3) is 0 Å². The highest BCUT2D eigenvalue weighted by Crippen LogP contribution is 2.21. The molecule has 0 spiro atoms. The SMILES string of the molecule is C/C=C(\N)c1ccc(N2CCCCC2)cc1. The van der Waals surface area contributed by atoms with Gasteiger partial charge in [-0.2, -0.15) is 0 Å². The fourth-order valence-corrected chi connectivity index (χ4v) is 2.18. The summed E-state index contributed by atoms with van der Waals surface area (Å²) in [6, 6.07) is 8.58. The summed E-state index contributed by atoms with van der Waals surface area (Å²) in [6.45, 7) is 4.35. The van der Waals surface area contributed by atoms with E-state index in [1.807, 2.05) is 13.0 Å². The summed E-state index contributed by atoms with van der Waals surface area (Å²) in [4.78, 5) is 2.46. The third-order valence-electron chi connectivity index (χ3n) is 3.23. The normalized spacial score (nSPS) is 17.6. The molecule has 2 heteroatoms. The van der Waals surface area contributed by atoms with E-state index < -0.39 is 0 Å². The fraction of sp³-hybridized carbons (Fsp3) is 0.429. The summed E-state index contributed by atoms with van der Waals surface area (Å²) in [6.07, 6.45) is 5.95. The molecule has 2 N–H and O–H groups in total. The van der Waals surface area contributed by atoms with Crippen molar-refractivity contribution in [1.29, 1.82) is 0 Å². The predicted molar refractivity (Wildman–Crippen MR) is 70.3 cm³/mol. The highest BCUT2D eigenvalue weighted by molar-refractivity contribution is 5.64. The molecule has 1 aliphatic heterocycles. The highest BCUT2D eigenvalue weighted by atomic mass is 15.1. The zero-order valence-electron chi connectivity index (χ0n) is 9.95. The smallest absolute Gasteiger partial charge is 0.0366 e. The van der Waals surface area contributed by atoms with Crippen LogP contribution in [0.3, 0.4) is 0 Å². The number of hydrogen-bond donors (Lipinski definition) is 1. The highest BCUT2D eigenvalue weighted by Gasteiger charge is 2.10. The van der Waals surface area contributed by atoms with Crippen LogP contribution in [-0.4, -0.2) is 13.1 Å². The summed E-state index contributed by atoms with van der Waals surface area (Å²) in [5, 5.41) is 0. The van der Waals surface area contributed by atoms with E-state index in [1.54, 1.807) is 0 Å². The number of hydrogen-bond acceptors (Lipinski definition) is 2. The first-order valence-electron chi connectivity index (χ1n) is 6.08. The minimum absolute atomic E-state index is 0.852. The zero-order valence-corrected chi connectivity index (χ0v) is 9.95. The van der Waals surface area contributed by atoms with Crippen molar-refractivity contribution < 1.29 is 0 Å². The molecular formula is C14H20N2. The van der Waals surface area contributed by atoms with E-state index in [-0.39, 0.29) is 0 Å². The molecule has 2 rings (SSSR count). The van der Waals surface area contributed by atoms with Crippen LogP contribution < -0.4 is 10.6 Å². The first-order valence-corrected chi connectivity index (χ1v) is 6.08. The van der Waals surface area contributed by atoms with Gasteiger partial charge in [-0.25, -0.2) is 0 Å². The second-order valence-electron chi connectivity index (χ2n) is 4.34. The Labute approximate surface area is 97.8 Å². The molecule has 1 saturated heterocycles. The molecule has 0 aromatic heterocycles. The molecule has 16 heavy (non-hydrogen) atoms. The van der Waals surface area contributed by atoms with Crippen molar-refractivity contribution in [3.63, 3.8) is 0 Å². The van der Waals surface area contributed by atoms with Gasteiger partial charge in [0.2, 0.25) is 0 Å². The van der Waals surface area contributed by atoms with Crippen molar-refractivity contribution >= 4 is 11.4 Å². The summed E-state index contributed by atoms with van der Waals surface area (Å²) in [7, 11) is 0. The van der Waals surface area contributed by atoms with Crippen LogP contribution in [0.25, 0.3) is 5.70 Å². The summed E-state index contributed by atoms with van der Waals surface area (Å²) < 4.78 is 0. The largest absolute Gasteiger partial charge is 0.399 e. The van der Waals surface area contributed by atoms with Gasteiger partial charge in [0, 0.05) is 24.5 Å². The molecule has 1 aromatic carbocycles. The van der Waals surface area contributed by atoms with Gasteiger partial charge in [0.15, 0.2) is 0 Å². The Morgan fingerprint density at radius 3 is 2.31 bits per heavy atom. The minimum atomic E-state index is 0.852. The molecule has 0 unspecified atom stereocenters. The van der Waals surface area contributed by atoms with Gasteiger partial charge in [0.1, 0.15) is 0 Å². The third-order valence-corrected chi connectivity index (χ3v) is 3.23. The van der Waals surface area contributed by atoms with Crippen LogP contribution >= 0.6 is 0 Å². The first-order chi connectivity index (χ1) is 7.81. The molecule has 0 amide bonds. The van der Waals surface area contributed by atoms with E-state index in [2.05, 4.69) is 29.2 Å². The number of benzene rings is 1. The van der Waals surface area contributed by atoms with Crippen molar-refractivity contribution in [3.8, 4) is 0 Å². The number of nitrogens with two attached hydrogens (primary N) is 1. The quantitative estimate of drug-likeness (QED) is 0.823. The van der Waals surface area contributed by atoms with Crippen LogP contribution in [0.5, 0.6) is 0 Å². The number of nitrogens with zero attached hydrogens (tertiary/aromatic N) is 1. The first kappa shape index (κ1) is 11.1. The van der Waals surface area contributed by atoms with Gasteiger partial charge in [-0.15, -0.1) is 0 Å². The standard InChI is InChI=1S/C14H20N2/c1-2-14(15)12-6-8-13(9-7-12)16-10-4-3-5-11-16/h2,6-9H,3-5,10-11,15H2,1H3/b14-2-. The fourth-order valence-electron chi connectivity index (χ4n) is 2.18. The van der Waals surface area contributed by atoms with Crippen LogP contribution in [0.2, 0.25) is 0 Å². The number of rotatable bonds is 2. The monoisotopic (exact) mass is 216 g/mol. The number of allylic oxidation sites excluding steroid dienone is 1. The predicted octanol–water partition coefficient (Wildman–Crippen LogP) is 3.00. The van der Waals surface area contributed by atoms with Crippen LogP contribution in [0.15, 0.2) is 30.3 Å². The summed E-state index contributed by atoms with van der Waals surface area (Å²) in [5.74, 6) is 0. The van der Waals surface area contributed by atoms with E-state index in [0.29, 0.717) is 0 Å². The second kappa shape index (κ2) is 5.06. The average molecular weight is 216 g/mol. The Morgan fingerprint density at radius 1 is 1.12 bits per heavy atom. The lowest BCUT2D eigenvalue weighted by Crippen LogP contribution is -2.29. The Hall–Kier alpha value is -1.44. The van der Waals surface area contributed by atoms with Gasteiger partial charge < -0.3 is 10.6 Å². The van der Waals surface area contributed by atoms with Gasteiger partial charge in [-0.3, -0.25) is 0 Å².